The van der Waals surface area contributed by atoms with Crippen LogP contribution < -0.4 is 5.32 Å². The van der Waals surface area contributed by atoms with E-state index in [4.69, 9.17) is 0 Å². The molecule has 6 heteroatoms. The van der Waals surface area contributed by atoms with Gasteiger partial charge < -0.3 is 15.2 Å². The van der Waals surface area contributed by atoms with Crippen molar-refractivity contribution in [3.05, 3.63) is 59.9 Å². The quantitative estimate of drug-likeness (QED) is 0.597. The smallest absolute Gasteiger partial charge is 0.224 e. The first-order valence-electron chi connectivity index (χ1n) is 10.2. The van der Waals surface area contributed by atoms with Gasteiger partial charge in [0.1, 0.15) is 5.82 Å². The van der Waals surface area contributed by atoms with Crippen LogP contribution in [-0.2, 0) is 11.2 Å². The topological polar surface area (TPSA) is 48.1 Å². The number of aromatic nitrogens is 1. The molecule has 2 aromatic carbocycles. The van der Waals surface area contributed by atoms with Gasteiger partial charge in [-0.05, 0) is 50.2 Å². The number of piperidine rings is 1. The van der Waals surface area contributed by atoms with Crippen LogP contribution in [-0.4, -0.2) is 42.0 Å². The number of carbonyl (C=O) groups is 1. The Morgan fingerprint density at radius 3 is 2.76 bits per heavy atom. The van der Waals surface area contributed by atoms with Crippen molar-refractivity contribution in [2.45, 2.75) is 35.6 Å². The summed E-state index contributed by atoms with van der Waals surface area (Å²) in [6.07, 6.45) is 4.13. The zero-order valence-corrected chi connectivity index (χ0v) is 17.2. The summed E-state index contributed by atoms with van der Waals surface area (Å²) >= 11 is 1.46. The molecule has 0 radical (unpaired) electrons. The van der Waals surface area contributed by atoms with Crippen LogP contribution in [0.5, 0.6) is 0 Å². The summed E-state index contributed by atoms with van der Waals surface area (Å²) in [7, 11) is 0. The highest BCUT2D eigenvalue weighted by molar-refractivity contribution is 7.99. The second kappa shape index (κ2) is 9.46. The number of fused-ring (bicyclic) bond motifs is 1. The molecule has 1 aliphatic heterocycles. The van der Waals surface area contributed by atoms with Crippen molar-refractivity contribution in [2.75, 3.05) is 26.2 Å². The highest BCUT2D eigenvalue weighted by Gasteiger charge is 2.16. The molecule has 3 aromatic rings. The first-order chi connectivity index (χ1) is 14.2. The van der Waals surface area contributed by atoms with Gasteiger partial charge in [0.15, 0.2) is 0 Å². The van der Waals surface area contributed by atoms with Gasteiger partial charge in [-0.25, -0.2) is 4.39 Å². The molecule has 0 spiro atoms. The molecule has 0 unspecified atom stereocenters. The minimum Gasteiger partial charge on any atom is -0.355 e. The molecule has 1 aromatic heterocycles. The number of para-hydroxylation sites is 1. The SMILES string of the molecule is O=C(Cc1c(Sc2cccc(F)c2)[nH]c2ccccc12)NCCN1CCCCC1. The van der Waals surface area contributed by atoms with Gasteiger partial charge in [0.05, 0.1) is 11.4 Å². The number of aromatic amines is 1. The van der Waals surface area contributed by atoms with E-state index in [2.05, 4.69) is 15.2 Å². The first kappa shape index (κ1) is 20.0. The Kier molecular flexibility index (Phi) is 6.52. The van der Waals surface area contributed by atoms with Crippen molar-refractivity contribution in [3.63, 3.8) is 0 Å². The van der Waals surface area contributed by atoms with Gasteiger partial charge in [0, 0.05) is 34.5 Å². The predicted molar refractivity (Wildman–Crippen MR) is 116 cm³/mol. The van der Waals surface area contributed by atoms with E-state index in [9.17, 15) is 9.18 Å². The lowest BCUT2D eigenvalue weighted by Crippen LogP contribution is -2.38. The van der Waals surface area contributed by atoms with E-state index in [1.165, 1.54) is 43.2 Å². The molecule has 2 N–H and O–H groups in total. The minimum atomic E-state index is -0.261. The summed E-state index contributed by atoms with van der Waals surface area (Å²) < 4.78 is 13.6. The lowest BCUT2D eigenvalue weighted by Gasteiger charge is -2.26. The Labute approximate surface area is 174 Å². The van der Waals surface area contributed by atoms with Crippen LogP contribution in [0.25, 0.3) is 10.9 Å². The molecule has 1 aliphatic rings. The summed E-state index contributed by atoms with van der Waals surface area (Å²) in [6, 6.07) is 14.5. The lowest BCUT2D eigenvalue weighted by atomic mass is 10.1. The van der Waals surface area contributed by atoms with Crippen molar-refractivity contribution in [1.29, 1.82) is 0 Å². The van der Waals surface area contributed by atoms with Gasteiger partial charge in [-0.2, -0.15) is 0 Å². The molecule has 0 bridgehead atoms. The van der Waals surface area contributed by atoms with Gasteiger partial charge in [0.2, 0.25) is 5.91 Å². The molecule has 4 nitrogen and oxygen atoms in total. The Balaban J connectivity index is 1.45. The van der Waals surface area contributed by atoms with Crippen molar-refractivity contribution in [3.8, 4) is 0 Å². The zero-order chi connectivity index (χ0) is 20.1. The normalized spacial score (nSPS) is 14.9. The fourth-order valence-corrected chi connectivity index (χ4v) is 4.87. The highest BCUT2D eigenvalue weighted by Crippen LogP contribution is 2.35. The van der Waals surface area contributed by atoms with Crippen LogP contribution in [0.1, 0.15) is 24.8 Å². The lowest BCUT2D eigenvalue weighted by molar-refractivity contribution is -0.120. The van der Waals surface area contributed by atoms with Crippen molar-refractivity contribution in [2.24, 2.45) is 0 Å². The van der Waals surface area contributed by atoms with Crippen LogP contribution in [0.15, 0.2) is 58.5 Å². The third-order valence-electron chi connectivity index (χ3n) is 5.33. The molecule has 1 amide bonds. The molecule has 4 rings (SSSR count). The van der Waals surface area contributed by atoms with Crippen LogP contribution in [0.4, 0.5) is 4.39 Å². The van der Waals surface area contributed by atoms with Crippen LogP contribution >= 0.6 is 11.8 Å². The predicted octanol–water partition coefficient (Wildman–Crippen LogP) is 4.60. The molecular weight excluding hydrogens is 385 g/mol. The Bertz CT molecular complexity index is 981. The number of hydrogen-bond donors (Lipinski definition) is 2. The Morgan fingerprint density at radius 2 is 1.93 bits per heavy atom. The third-order valence-corrected chi connectivity index (χ3v) is 6.37. The monoisotopic (exact) mass is 411 g/mol. The van der Waals surface area contributed by atoms with Crippen LogP contribution in [0, 0.1) is 5.82 Å². The Hall–Kier alpha value is -2.31. The van der Waals surface area contributed by atoms with Gasteiger partial charge >= 0.3 is 0 Å². The maximum Gasteiger partial charge on any atom is 0.224 e. The van der Waals surface area contributed by atoms with E-state index >= 15 is 0 Å². The zero-order valence-electron chi connectivity index (χ0n) is 16.4. The third kappa shape index (κ3) is 5.19. The number of nitrogens with zero attached hydrogens (tertiary/aromatic N) is 1. The maximum absolute atomic E-state index is 13.6. The fourth-order valence-electron chi connectivity index (χ4n) is 3.85. The van der Waals surface area contributed by atoms with Gasteiger partial charge in [-0.1, -0.05) is 42.4 Å². The van der Waals surface area contributed by atoms with Crippen LogP contribution in [0.3, 0.4) is 0 Å². The molecule has 0 aliphatic carbocycles. The maximum atomic E-state index is 13.6. The summed E-state index contributed by atoms with van der Waals surface area (Å²) in [5, 5.41) is 5.00. The number of carbonyl (C=O) groups excluding carboxylic acids is 1. The molecular formula is C23H26FN3OS. The molecule has 29 heavy (non-hydrogen) atoms. The number of likely N-dealkylation sites (tertiary alicyclic amines) is 1. The number of halogens is 1. The molecule has 1 saturated heterocycles. The number of nitrogens with one attached hydrogen (secondary N) is 2. The number of hydrogen-bond acceptors (Lipinski definition) is 3. The van der Waals surface area contributed by atoms with Crippen molar-refractivity contribution < 1.29 is 9.18 Å². The number of benzene rings is 2. The second-order valence-corrected chi connectivity index (χ2v) is 8.55. The van der Waals surface area contributed by atoms with E-state index in [1.54, 1.807) is 6.07 Å². The second-order valence-electron chi connectivity index (χ2n) is 7.47. The minimum absolute atomic E-state index is 0.0212. The van der Waals surface area contributed by atoms with Gasteiger partial charge in [-0.15, -0.1) is 0 Å². The fraction of sp³-hybridized carbons (Fsp3) is 0.348. The van der Waals surface area contributed by atoms with Crippen molar-refractivity contribution >= 4 is 28.6 Å². The van der Waals surface area contributed by atoms with Gasteiger partial charge in [-0.3, -0.25) is 4.79 Å². The Morgan fingerprint density at radius 1 is 1.10 bits per heavy atom. The summed E-state index contributed by atoms with van der Waals surface area (Å²) in [6.45, 7) is 3.84. The number of H-pyrrole nitrogens is 1. The first-order valence-corrected chi connectivity index (χ1v) is 11.0. The highest BCUT2D eigenvalue weighted by atomic mass is 32.2. The largest absolute Gasteiger partial charge is 0.355 e. The van der Waals surface area contributed by atoms with E-state index in [0.717, 1.165) is 46.0 Å². The summed E-state index contributed by atoms with van der Waals surface area (Å²) in [4.78, 5) is 19.3. The van der Waals surface area contributed by atoms with Gasteiger partial charge in [0.25, 0.3) is 0 Å². The number of amides is 1. The average Bonchev–Trinajstić information content (AvgIpc) is 3.06. The van der Waals surface area contributed by atoms with Crippen molar-refractivity contribution in [1.82, 2.24) is 15.2 Å². The summed E-state index contributed by atoms with van der Waals surface area (Å²) in [5.41, 5.74) is 1.95. The average molecular weight is 412 g/mol. The summed E-state index contributed by atoms with van der Waals surface area (Å²) in [5.74, 6) is -0.240. The molecule has 1 fully saturated rings. The number of rotatable bonds is 7. The van der Waals surface area contributed by atoms with Crippen LogP contribution in [0.2, 0.25) is 0 Å². The van der Waals surface area contributed by atoms with E-state index < -0.39 is 0 Å². The molecule has 2 heterocycles. The van der Waals surface area contributed by atoms with E-state index in [1.807, 2.05) is 30.3 Å². The standard InChI is InChI=1S/C23H26FN3OS/c24-17-7-6-8-18(15-17)29-23-20(19-9-2-3-10-21(19)26-23)16-22(28)25-11-14-27-12-4-1-5-13-27/h2-3,6-10,15,26H,1,4-5,11-14,16H2,(H,25,28). The molecule has 152 valence electrons. The van der Waals surface area contributed by atoms with E-state index in [-0.39, 0.29) is 11.7 Å². The molecule has 0 atom stereocenters. The molecule has 0 saturated carbocycles. The van der Waals surface area contributed by atoms with E-state index in [0.29, 0.717) is 13.0 Å².